The number of nitrogens with one attached hydrogen (secondary N) is 1. The molecule has 3 aromatic rings. The van der Waals surface area contributed by atoms with Gasteiger partial charge >= 0.3 is 0 Å². The number of carbonyl (C=O) groups excluding carboxylic acids is 1. The summed E-state index contributed by atoms with van der Waals surface area (Å²) in [6, 6.07) is 16.4. The molecule has 3 rings (SSSR count). The van der Waals surface area contributed by atoms with Gasteiger partial charge in [-0.15, -0.1) is 0 Å². The number of aromatic nitrogens is 1. The van der Waals surface area contributed by atoms with E-state index in [2.05, 4.69) is 10.3 Å². The largest absolute Gasteiger partial charge is 0.487 e. The molecule has 0 bridgehead atoms. The van der Waals surface area contributed by atoms with Crippen molar-refractivity contribution in [2.24, 2.45) is 0 Å². The van der Waals surface area contributed by atoms with Crippen molar-refractivity contribution in [1.82, 2.24) is 4.98 Å². The number of hydrogen-bond donors (Lipinski definition) is 1. The SMILES string of the molecule is Cc1cccc(COc2cc(NC(=O)Cc3cccnc3)ccc2N(C)S(C)(=O)=O)c1. The minimum Gasteiger partial charge on any atom is -0.487 e. The van der Waals surface area contributed by atoms with Gasteiger partial charge in [-0.25, -0.2) is 8.42 Å². The Kier molecular flexibility index (Phi) is 6.91. The van der Waals surface area contributed by atoms with E-state index in [1.165, 1.54) is 7.05 Å². The first-order valence-corrected chi connectivity index (χ1v) is 11.5. The molecule has 0 radical (unpaired) electrons. The lowest BCUT2D eigenvalue weighted by Gasteiger charge is -2.21. The Morgan fingerprint density at radius 2 is 1.87 bits per heavy atom. The van der Waals surface area contributed by atoms with Gasteiger partial charge in [-0.3, -0.25) is 14.1 Å². The molecule has 1 heterocycles. The van der Waals surface area contributed by atoms with Crippen LogP contribution in [0.2, 0.25) is 0 Å². The zero-order valence-electron chi connectivity index (χ0n) is 17.7. The molecule has 0 unspecified atom stereocenters. The summed E-state index contributed by atoms with van der Waals surface area (Å²) in [4.78, 5) is 16.4. The van der Waals surface area contributed by atoms with Gasteiger partial charge in [-0.2, -0.15) is 0 Å². The van der Waals surface area contributed by atoms with E-state index in [9.17, 15) is 13.2 Å². The number of ether oxygens (including phenoxy) is 1. The van der Waals surface area contributed by atoms with E-state index in [1.54, 1.807) is 36.7 Å². The Labute approximate surface area is 182 Å². The smallest absolute Gasteiger partial charge is 0.232 e. The summed E-state index contributed by atoms with van der Waals surface area (Å²) in [6.45, 7) is 2.25. The van der Waals surface area contributed by atoms with E-state index in [0.29, 0.717) is 17.1 Å². The second kappa shape index (κ2) is 9.61. The molecule has 0 aliphatic rings. The van der Waals surface area contributed by atoms with Gasteiger partial charge < -0.3 is 10.1 Å². The molecule has 7 nitrogen and oxygen atoms in total. The maximum Gasteiger partial charge on any atom is 0.232 e. The first-order chi connectivity index (χ1) is 14.7. The maximum absolute atomic E-state index is 12.4. The second-order valence-electron chi connectivity index (χ2n) is 7.28. The predicted octanol–water partition coefficient (Wildman–Crippen LogP) is 3.55. The van der Waals surface area contributed by atoms with Crippen molar-refractivity contribution in [3.63, 3.8) is 0 Å². The van der Waals surface area contributed by atoms with Gasteiger partial charge in [0.2, 0.25) is 15.9 Å². The van der Waals surface area contributed by atoms with Crippen LogP contribution in [0, 0.1) is 6.92 Å². The molecule has 0 saturated carbocycles. The lowest BCUT2D eigenvalue weighted by molar-refractivity contribution is -0.115. The molecule has 8 heteroatoms. The molecule has 31 heavy (non-hydrogen) atoms. The van der Waals surface area contributed by atoms with Crippen LogP contribution >= 0.6 is 0 Å². The van der Waals surface area contributed by atoms with Crippen molar-refractivity contribution in [2.45, 2.75) is 20.0 Å². The minimum atomic E-state index is -3.49. The number of rotatable bonds is 8. The Balaban J connectivity index is 1.82. The first kappa shape index (κ1) is 22.3. The summed E-state index contributed by atoms with van der Waals surface area (Å²) < 4.78 is 31.2. The number of carbonyl (C=O) groups is 1. The van der Waals surface area contributed by atoms with Gasteiger partial charge in [-0.1, -0.05) is 35.9 Å². The molecule has 0 fully saturated rings. The fraction of sp³-hybridized carbons (Fsp3) is 0.217. The molecule has 0 spiro atoms. The zero-order chi connectivity index (χ0) is 22.4. The molecule has 1 aromatic heterocycles. The normalized spacial score (nSPS) is 11.1. The van der Waals surface area contributed by atoms with Crippen LogP contribution in [0.3, 0.4) is 0 Å². The van der Waals surface area contributed by atoms with E-state index in [-0.39, 0.29) is 18.9 Å². The van der Waals surface area contributed by atoms with E-state index in [4.69, 9.17) is 4.74 Å². The van der Waals surface area contributed by atoms with Crippen LogP contribution in [-0.2, 0) is 27.8 Å². The zero-order valence-corrected chi connectivity index (χ0v) is 18.5. The standard InChI is InChI=1S/C23H25N3O4S/c1-17-6-4-7-19(12-17)16-30-22-14-20(9-10-21(22)26(2)31(3,28)29)25-23(27)13-18-8-5-11-24-15-18/h4-12,14-15H,13,16H2,1-3H3,(H,25,27). The second-order valence-corrected chi connectivity index (χ2v) is 9.29. The topological polar surface area (TPSA) is 88.6 Å². The number of amides is 1. The van der Waals surface area contributed by atoms with E-state index in [1.807, 2.05) is 37.3 Å². The molecule has 0 aliphatic heterocycles. The fourth-order valence-electron chi connectivity index (χ4n) is 3.00. The number of anilines is 2. The average Bonchev–Trinajstić information content (AvgIpc) is 2.72. The summed E-state index contributed by atoms with van der Waals surface area (Å²) in [6.07, 6.45) is 4.59. The van der Waals surface area contributed by atoms with Gasteiger partial charge in [0, 0.05) is 31.2 Å². The number of benzene rings is 2. The quantitative estimate of drug-likeness (QED) is 0.580. The minimum absolute atomic E-state index is 0.179. The van der Waals surface area contributed by atoms with Gasteiger partial charge in [-0.05, 0) is 36.2 Å². The summed E-state index contributed by atoms with van der Waals surface area (Å²) in [7, 11) is -2.02. The van der Waals surface area contributed by atoms with Gasteiger partial charge in [0.15, 0.2) is 0 Å². The maximum atomic E-state index is 12.4. The third kappa shape index (κ3) is 6.29. The van der Waals surface area contributed by atoms with Crippen LogP contribution in [0.4, 0.5) is 11.4 Å². The van der Waals surface area contributed by atoms with Crippen LogP contribution < -0.4 is 14.4 Å². The number of pyridine rings is 1. The van der Waals surface area contributed by atoms with Crippen LogP contribution in [0.25, 0.3) is 0 Å². The average molecular weight is 440 g/mol. The molecule has 162 valence electrons. The Morgan fingerprint density at radius 1 is 1.10 bits per heavy atom. The summed E-state index contributed by atoms with van der Waals surface area (Å²) in [5.74, 6) is 0.149. The molecule has 0 atom stereocenters. The van der Waals surface area contributed by atoms with Crippen molar-refractivity contribution in [2.75, 3.05) is 22.9 Å². The van der Waals surface area contributed by atoms with Gasteiger partial charge in [0.1, 0.15) is 12.4 Å². The lowest BCUT2D eigenvalue weighted by Crippen LogP contribution is -2.25. The van der Waals surface area contributed by atoms with Crippen molar-refractivity contribution in [1.29, 1.82) is 0 Å². The Hall–Kier alpha value is -3.39. The molecule has 2 aromatic carbocycles. The monoisotopic (exact) mass is 439 g/mol. The van der Waals surface area contributed by atoms with Crippen molar-refractivity contribution in [3.8, 4) is 5.75 Å². The van der Waals surface area contributed by atoms with Crippen LogP contribution in [-0.4, -0.2) is 32.6 Å². The van der Waals surface area contributed by atoms with Crippen molar-refractivity contribution < 1.29 is 17.9 Å². The Bertz CT molecular complexity index is 1160. The van der Waals surface area contributed by atoms with Crippen molar-refractivity contribution >= 4 is 27.3 Å². The third-order valence-electron chi connectivity index (χ3n) is 4.64. The number of hydrogen-bond acceptors (Lipinski definition) is 5. The lowest BCUT2D eigenvalue weighted by atomic mass is 10.1. The highest BCUT2D eigenvalue weighted by Crippen LogP contribution is 2.33. The van der Waals surface area contributed by atoms with E-state index < -0.39 is 10.0 Å². The summed E-state index contributed by atoms with van der Waals surface area (Å²) >= 11 is 0. The highest BCUT2D eigenvalue weighted by Gasteiger charge is 2.18. The highest BCUT2D eigenvalue weighted by molar-refractivity contribution is 7.92. The molecule has 0 aliphatic carbocycles. The van der Waals surface area contributed by atoms with Gasteiger partial charge in [0.05, 0.1) is 18.4 Å². The molecular formula is C23H25N3O4S. The van der Waals surface area contributed by atoms with Crippen molar-refractivity contribution in [3.05, 3.63) is 83.7 Å². The summed E-state index contributed by atoms with van der Waals surface area (Å²) in [5, 5.41) is 2.83. The number of nitrogens with zero attached hydrogens (tertiary/aromatic N) is 2. The first-order valence-electron chi connectivity index (χ1n) is 9.67. The van der Waals surface area contributed by atoms with E-state index >= 15 is 0 Å². The highest BCUT2D eigenvalue weighted by atomic mass is 32.2. The van der Waals surface area contributed by atoms with E-state index in [0.717, 1.165) is 27.3 Å². The number of aryl methyl sites for hydroxylation is 1. The predicted molar refractivity (Wildman–Crippen MR) is 122 cm³/mol. The molecule has 0 saturated heterocycles. The fourth-order valence-corrected chi connectivity index (χ4v) is 3.51. The van der Waals surface area contributed by atoms with Crippen LogP contribution in [0.5, 0.6) is 5.75 Å². The Morgan fingerprint density at radius 3 is 2.55 bits per heavy atom. The number of sulfonamides is 1. The molecule has 1 amide bonds. The summed E-state index contributed by atoms with van der Waals surface area (Å²) in [5.41, 5.74) is 3.76. The van der Waals surface area contributed by atoms with Crippen LogP contribution in [0.15, 0.2) is 67.0 Å². The van der Waals surface area contributed by atoms with Crippen LogP contribution in [0.1, 0.15) is 16.7 Å². The van der Waals surface area contributed by atoms with Gasteiger partial charge in [0.25, 0.3) is 0 Å². The molecular weight excluding hydrogens is 414 g/mol. The molecule has 1 N–H and O–H groups in total. The third-order valence-corrected chi connectivity index (χ3v) is 5.84.